The molecule has 1 aliphatic heterocycles. The van der Waals surface area contributed by atoms with Crippen molar-refractivity contribution >= 4 is 39.8 Å². The average molecular weight is 405 g/mol. The molecule has 0 bridgehead atoms. The van der Waals surface area contributed by atoms with E-state index in [2.05, 4.69) is 15.3 Å². The average Bonchev–Trinajstić information content (AvgIpc) is 2.99. The van der Waals surface area contributed by atoms with Gasteiger partial charge in [0, 0.05) is 30.6 Å². The Morgan fingerprint density at radius 1 is 1.38 bits per heavy atom. The standard InChI is InChI=1S/C16H16ClF3N4OS/c1-9-8-26-15(22-9)23-14(25)10-2-4-24(5-3-10)13-12(17)6-11(7-21-13)16(18,19)20/h6-8,10H,2-5H2,1H3,(H,22,23,25). The zero-order chi connectivity index (χ0) is 18.9. The molecule has 0 aromatic carbocycles. The molecule has 0 spiro atoms. The molecule has 1 N–H and O–H groups in total. The Labute approximate surface area is 157 Å². The lowest BCUT2D eigenvalue weighted by molar-refractivity contribution is -0.137. The smallest absolute Gasteiger partial charge is 0.355 e. The monoisotopic (exact) mass is 404 g/mol. The number of rotatable bonds is 3. The van der Waals surface area contributed by atoms with Crippen molar-refractivity contribution in [2.75, 3.05) is 23.3 Å². The van der Waals surface area contributed by atoms with Crippen molar-refractivity contribution in [2.24, 2.45) is 5.92 Å². The maximum atomic E-state index is 12.7. The number of anilines is 2. The van der Waals surface area contributed by atoms with E-state index in [0.29, 0.717) is 36.9 Å². The second-order valence-corrected chi connectivity index (χ2v) is 7.34. The van der Waals surface area contributed by atoms with E-state index in [-0.39, 0.29) is 16.8 Å². The summed E-state index contributed by atoms with van der Waals surface area (Å²) < 4.78 is 38.1. The quantitative estimate of drug-likeness (QED) is 0.825. The van der Waals surface area contributed by atoms with E-state index in [1.54, 1.807) is 4.90 Å². The summed E-state index contributed by atoms with van der Waals surface area (Å²) in [6.07, 6.45) is -2.57. The number of halogens is 4. The molecular weight excluding hydrogens is 389 g/mol. The summed E-state index contributed by atoms with van der Waals surface area (Å²) in [4.78, 5) is 22.2. The number of aryl methyl sites for hydroxylation is 1. The zero-order valence-corrected chi connectivity index (χ0v) is 15.4. The Morgan fingerprint density at radius 3 is 2.62 bits per heavy atom. The summed E-state index contributed by atoms with van der Waals surface area (Å²) in [7, 11) is 0. The van der Waals surface area contributed by atoms with Crippen LogP contribution in [0.5, 0.6) is 0 Å². The van der Waals surface area contributed by atoms with Gasteiger partial charge in [-0.2, -0.15) is 13.2 Å². The van der Waals surface area contributed by atoms with Crippen LogP contribution in [0.3, 0.4) is 0 Å². The number of carbonyl (C=O) groups is 1. The molecule has 1 aliphatic rings. The number of aromatic nitrogens is 2. The van der Waals surface area contributed by atoms with Crippen molar-refractivity contribution in [2.45, 2.75) is 25.9 Å². The van der Waals surface area contributed by atoms with Crippen molar-refractivity contribution in [1.29, 1.82) is 0 Å². The van der Waals surface area contributed by atoms with E-state index < -0.39 is 11.7 Å². The van der Waals surface area contributed by atoms with Crippen LogP contribution >= 0.6 is 22.9 Å². The summed E-state index contributed by atoms with van der Waals surface area (Å²) >= 11 is 7.36. The highest BCUT2D eigenvalue weighted by Crippen LogP contribution is 2.34. The first-order valence-corrected chi connectivity index (χ1v) is 9.20. The number of amides is 1. The van der Waals surface area contributed by atoms with Crippen LogP contribution in [0.25, 0.3) is 0 Å². The van der Waals surface area contributed by atoms with Crippen molar-refractivity contribution in [3.05, 3.63) is 33.9 Å². The lowest BCUT2D eigenvalue weighted by Gasteiger charge is -2.32. The maximum absolute atomic E-state index is 12.7. The lowest BCUT2D eigenvalue weighted by Crippen LogP contribution is -2.38. The number of hydrogen-bond acceptors (Lipinski definition) is 5. The predicted molar refractivity (Wildman–Crippen MR) is 94.7 cm³/mol. The minimum atomic E-state index is -4.48. The first-order chi connectivity index (χ1) is 12.2. The third-order valence-corrected chi connectivity index (χ3v) is 5.32. The van der Waals surface area contributed by atoms with Gasteiger partial charge in [0.25, 0.3) is 0 Å². The molecule has 0 unspecified atom stereocenters. The number of nitrogens with one attached hydrogen (secondary N) is 1. The molecule has 26 heavy (non-hydrogen) atoms. The molecule has 2 aromatic rings. The van der Waals surface area contributed by atoms with Gasteiger partial charge in [0.05, 0.1) is 16.3 Å². The van der Waals surface area contributed by atoms with Crippen LogP contribution in [-0.4, -0.2) is 29.0 Å². The lowest BCUT2D eigenvalue weighted by atomic mass is 9.96. The van der Waals surface area contributed by atoms with Crippen LogP contribution < -0.4 is 10.2 Å². The highest BCUT2D eigenvalue weighted by Gasteiger charge is 2.33. The van der Waals surface area contributed by atoms with Gasteiger partial charge in [-0.3, -0.25) is 4.79 Å². The molecule has 3 heterocycles. The second-order valence-electron chi connectivity index (χ2n) is 6.07. The van der Waals surface area contributed by atoms with E-state index in [1.807, 2.05) is 12.3 Å². The molecule has 3 rings (SSSR count). The molecule has 0 saturated carbocycles. The highest BCUT2D eigenvalue weighted by molar-refractivity contribution is 7.13. The van der Waals surface area contributed by atoms with Crippen molar-refractivity contribution in [1.82, 2.24) is 9.97 Å². The van der Waals surface area contributed by atoms with Crippen LogP contribution in [-0.2, 0) is 11.0 Å². The van der Waals surface area contributed by atoms with E-state index in [4.69, 9.17) is 11.6 Å². The second kappa shape index (κ2) is 7.40. The van der Waals surface area contributed by atoms with Crippen LogP contribution in [0.1, 0.15) is 24.1 Å². The minimum Gasteiger partial charge on any atom is -0.355 e. The SMILES string of the molecule is Cc1csc(NC(=O)C2CCN(c3ncc(C(F)(F)F)cc3Cl)CC2)n1. The molecule has 1 amide bonds. The van der Waals surface area contributed by atoms with Gasteiger partial charge in [0.1, 0.15) is 5.82 Å². The summed E-state index contributed by atoms with van der Waals surface area (Å²) in [5, 5.41) is 5.19. The fourth-order valence-corrected chi connectivity index (χ4v) is 3.77. The number of carbonyl (C=O) groups excluding carboxylic acids is 1. The Bertz CT molecular complexity index is 803. The van der Waals surface area contributed by atoms with E-state index >= 15 is 0 Å². The van der Waals surface area contributed by atoms with Crippen molar-refractivity contribution in [3.8, 4) is 0 Å². The molecule has 0 atom stereocenters. The molecule has 1 fully saturated rings. The molecule has 0 aliphatic carbocycles. The van der Waals surface area contributed by atoms with Gasteiger partial charge >= 0.3 is 6.18 Å². The number of piperidine rings is 1. The van der Waals surface area contributed by atoms with Crippen molar-refractivity contribution < 1.29 is 18.0 Å². The van der Waals surface area contributed by atoms with Crippen LogP contribution in [0.15, 0.2) is 17.6 Å². The molecule has 2 aromatic heterocycles. The Balaban J connectivity index is 1.60. The Hall–Kier alpha value is -1.87. The normalized spacial score (nSPS) is 16.0. The molecular formula is C16H16ClF3N4OS. The summed E-state index contributed by atoms with van der Waals surface area (Å²) in [6.45, 7) is 2.84. The number of hydrogen-bond donors (Lipinski definition) is 1. The largest absolute Gasteiger partial charge is 0.417 e. The molecule has 5 nitrogen and oxygen atoms in total. The summed E-state index contributed by atoms with van der Waals surface area (Å²) in [5.41, 5.74) is -0.0256. The fourth-order valence-electron chi connectivity index (χ4n) is 2.79. The molecule has 0 radical (unpaired) electrons. The number of nitrogens with zero attached hydrogens (tertiary/aromatic N) is 3. The third kappa shape index (κ3) is 4.27. The van der Waals surface area contributed by atoms with E-state index in [1.165, 1.54) is 11.3 Å². The zero-order valence-electron chi connectivity index (χ0n) is 13.8. The highest BCUT2D eigenvalue weighted by atomic mass is 35.5. The Kier molecular flexibility index (Phi) is 5.38. The van der Waals surface area contributed by atoms with Gasteiger partial charge < -0.3 is 10.2 Å². The molecule has 1 saturated heterocycles. The topological polar surface area (TPSA) is 58.1 Å². The van der Waals surface area contributed by atoms with Gasteiger partial charge in [0.2, 0.25) is 5.91 Å². The summed E-state index contributed by atoms with van der Waals surface area (Å²) in [6, 6.07) is 0.882. The minimum absolute atomic E-state index is 0.0408. The van der Waals surface area contributed by atoms with Gasteiger partial charge in [-0.05, 0) is 25.8 Å². The number of thiazole rings is 1. The van der Waals surface area contributed by atoms with E-state index in [9.17, 15) is 18.0 Å². The third-order valence-electron chi connectivity index (χ3n) is 4.16. The first-order valence-electron chi connectivity index (χ1n) is 7.94. The first kappa shape index (κ1) is 18.9. The van der Waals surface area contributed by atoms with Gasteiger partial charge in [-0.15, -0.1) is 11.3 Å². The summed E-state index contributed by atoms with van der Waals surface area (Å²) in [5.74, 6) is 0.0447. The van der Waals surface area contributed by atoms with Crippen LogP contribution in [0.2, 0.25) is 5.02 Å². The van der Waals surface area contributed by atoms with Crippen LogP contribution in [0.4, 0.5) is 24.1 Å². The maximum Gasteiger partial charge on any atom is 0.417 e. The number of pyridine rings is 1. The number of alkyl halides is 3. The molecule has 10 heteroatoms. The Morgan fingerprint density at radius 2 is 2.08 bits per heavy atom. The van der Waals surface area contributed by atoms with Gasteiger partial charge in [0.15, 0.2) is 5.13 Å². The van der Waals surface area contributed by atoms with Gasteiger partial charge in [-0.1, -0.05) is 11.6 Å². The van der Waals surface area contributed by atoms with Crippen LogP contribution in [0, 0.1) is 12.8 Å². The predicted octanol–water partition coefficient (Wildman–Crippen LogP) is 4.37. The fraction of sp³-hybridized carbons (Fsp3) is 0.438. The van der Waals surface area contributed by atoms with Gasteiger partial charge in [-0.25, -0.2) is 9.97 Å². The molecule has 140 valence electrons. The van der Waals surface area contributed by atoms with Crippen molar-refractivity contribution in [3.63, 3.8) is 0 Å². The van der Waals surface area contributed by atoms with E-state index in [0.717, 1.165) is 18.0 Å².